The van der Waals surface area contributed by atoms with E-state index in [0.717, 1.165) is 67.0 Å². The molecule has 1 amide bonds. The summed E-state index contributed by atoms with van der Waals surface area (Å²) in [4.78, 5) is 17.5. The summed E-state index contributed by atoms with van der Waals surface area (Å²) in [5.74, 6) is -0.698. The molecule has 4 fully saturated rings. The van der Waals surface area contributed by atoms with Gasteiger partial charge in [-0.15, -0.1) is 12.4 Å². The molecule has 4 heterocycles. The monoisotopic (exact) mass is 489 g/mol. The average Bonchev–Trinajstić information content (AvgIpc) is 3.40. The van der Waals surface area contributed by atoms with Crippen molar-refractivity contribution in [3.05, 3.63) is 29.3 Å². The lowest BCUT2D eigenvalue weighted by atomic mass is 9.88. The predicted octanol–water partition coefficient (Wildman–Crippen LogP) is 2.38. The van der Waals surface area contributed by atoms with Crippen LogP contribution in [0.4, 0.5) is 5.69 Å². The van der Waals surface area contributed by atoms with Gasteiger partial charge in [0, 0.05) is 43.4 Å². The van der Waals surface area contributed by atoms with Crippen LogP contribution in [0.5, 0.6) is 0 Å². The number of piperazine rings is 1. The van der Waals surface area contributed by atoms with Crippen LogP contribution in [0.15, 0.2) is 24.3 Å². The first-order valence-corrected chi connectivity index (χ1v) is 12.8. The van der Waals surface area contributed by atoms with Gasteiger partial charge in [-0.25, -0.2) is 12.7 Å². The van der Waals surface area contributed by atoms with E-state index in [1.165, 1.54) is 0 Å². The van der Waals surface area contributed by atoms with E-state index in [2.05, 4.69) is 15.9 Å². The van der Waals surface area contributed by atoms with E-state index in [4.69, 9.17) is 16.3 Å². The van der Waals surface area contributed by atoms with Gasteiger partial charge < -0.3 is 9.64 Å². The molecular weight excluding hydrogens is 461 g/mol. The van der Waals surface area contributed by atoms with Gasteiger partial charge in [-0.3, -0.25) is 9.69 Å². The van der Waals surface area contributed by atoms with E-state index >= 15 is 0 Å². The lowest BCUT2D eigenvalue weighted by Gasteiger charge is -2.36. The molecule has 0 N–H and O–H groups in total. The first-order chi connectivity index (χ1) is 14.4. The Morgan fingerprint density at radius 1 is 1.03 bits per heavy atom. The largest absolute Gasteiger partial charge is 0.373 e. The summed E-state index contributed by atoms with van der Waals surface area (Å²) in [6, 6.07) is 7.94. The molecule has 2 bridgehead atoms. The van der Waals surface area contributed by atoms with Crippen LogP contribution in [0, 0.1) is 5.92 Å². The van der Waals surface area contributed by atoms with Crippen molar-refractivity contribution in [1.82, 2.24) is 9.21 Å². The Balaban J connectivity index is 0.00000231. The summed E-state index contributed by atoms with van der Waals surface area (Å²) in [6.45, 7) is 5.07. The van der Waals surface area contributed by atoms with Crippen LogP contribution in [0.25, 0.3) is 0 Å². The predicted molar refractivity (Wildman–Crippen MR) is 122 cm³/mol. The number of ether oxygens (including phenoxy) is 1. The Labute approximate surface area is 195 Å². The lowest BCUT2D eigenvalue weighted by Crippen LogP contribution is -2.46. The van der Waals surface area contributed by atoms with Gasteiger partial charge in [0.15, 0.2) is 0 Å². The number of anilines is 1. The van der Waals surface area contributed by atoms with Crippen molar-refractivity contribution < 1.29 is 17.9 Å². The van der Waals surface area contributed by atoms with Crippen molar-refractivity contribution in [2.45, 2.75) is 43.1 Å². The highest BCUT2D eigenvalue weighted by Crippen LogP contribution is 2.48. The van der Waals surface area contributed by atoms with Gasteiger partial charge in [-0.2, -0.15) is 0 Å². The van der Waals surface area contributed by atoms with Gasteiger partial charge >= 0.3 is 0 Å². The highest BCUT2D eigenvalue weighted by atomic mass is 35.5. The maximum absolute atomic E-state index is 12.9. The number of halogens is 2. The molecule has 0 radical (unpaired) electrons. The number of hydrogen-bond acceptors (Lipinski definition) is 6. The van der Waals surface area contributed by atoms with Crippen LogP contribution in [0.3, 0.4) is 0 Å². The quantitative estimate of drug-likeness (QED) is 0.571. The van der Waals surface area contributed by atoms with Crippen LogP contribution in [-0.2, 0) is 19.6 Å². The number of sulfonamides is 1. The molecule has 0 saturated carbocycles. The Morgan fingerprint density at radius 3 is 2.45 bits per heavy atom. The minimum absolute atomic E-state index is 0. The molecule has 0 aromatic heterocycles. The Hall–Kier alpha value is -1.06. The summed E-state index contributed by atoms with van der Waals surface area (Å²) >= 11 is 6.10. The highest BCUT2D eigenvalue weighted by Gasteiger charge is 2.65. The molecule has 4 saturated heterocycles. The summed E-state index contributed by atoms with van der Waals surface area (Å²) < 4.78 is 32.6. The second kappa shape index (κ2) is 9.06. The number of hydrogen-bond donors (Lipinski definition) is 0. The molecule has 0 spiro atoms. The van der Waals surface area contributed by atoms with Crippen molar-refractivity contribution in [3.8, 4) is 0 Å². The summed E-state index contributed by atoms with van der Waals surface area (Å²) in [6.07, 6.45) is 2.68. The molecule has 1 aromatic carbocycles. The summed E-state index contributed by atoms with van der Waals surface area (Å²) in [5.41, 5.74) is 1.16. The standard InChI is InChI=1S/C21H28ClN3O4S.ClH/c22-15-4-3-5-16(14-15)24-12-10-23(11-13-24)8-1-2-9-25-21(26)19-17-6-7-18(29-17)20(19)30(25,27)28;/h3-5,14,17-20H,1-2,6-13H2;1H. The molecule has 0 aliphatic carbocycles. The van der Waals surface area contributed by atoms with Gasteiger partial charge in [-0.05, 0) is 50.4 Å². The summed E-state index contributed by atoms with van der Waals surface area (Å²) in [5, 5.41) is 0.119. The number of carbonyl (C=O) groups excluding carboxylic acids is 1. The molecular formula is C21H29Cl2N3O4S. The van der Waals surface area contributed by atoms with Crippen molar-refractivity contribution in [1.29, 1.82) is 0 Å². The number of carbonyl (C=O) groups is 1. The van der Waals surface area contributed by atoms with Crippen LogP contribution < -0.4 is 4.90 Å². The molecule has 5 rings (SSSR count). The molecule has 4 aliphatic heterocycles. The zero-order chi connectivity index (χ0) is 20.9. The summed E-state index contributed by atoms with van der Waals surface area (Å²) in [7, 11) is -3.56. The van der Waals surface area contributed by atoms with E-state index in [9.17, 15) is 13.2 Å². The fourth-order valence-electron chi connectivity index (χ4n) is 5.48. The van der Waals surface area contributed by atoms with E-state index in [-0.39, 0.29) is 30.5 Å². The molecule has 4 aliphatic rings. The highest BCUT2D eigenvalue weighted by molar-refractivity contribution is 7.90. The van der Waals surface area contributed by atoms with Crippen molar-refractivity contribution in [2.24, 2.45) is 5.92 Å². The van der Waals surface area contributed by atoms with E-state index in [1.54, 1.807) is 0 Å². The van der Waals surface area contributed by atoms with Crippen LogP contribution >= 0.6 is 24.0 Å². The third-order valence-corrected chi connectivity index (χ3v) is 9.52. The third-order valence-electron chi connectivity index (χ3n) is 7.02. The number of benzene rings is 1. The smallest absolute Gasteiger partial charge is 0.243 e. The minimum Gasteiger partial charge on any atom is -0.373 e. The minimum atomic E-state index is -3.56. The van der Waals surface area contributed by atoms with Gasteiger partial charge in [-0.1, -0.05) is 17.7 Å². The Kier molecular flexibility index (Phi) is 6.75. The molecule has 1 aromatic rings. The van der Waals surface area contributed by atoms with Gasteiger partial charge in [0.1, 0.15) is 5.25 Å². The van der Waals surface area contributed by atoms with E-state index in [1.807, 2.05) is 18.2 Å². The van der Waals surface area contributed by atoms with Crippen molar-refractivity contribution in [2.75, 3.05) is 44.2 Å². The number of unbranched alkanes of at least 4 members (excludes halogenated alkanes) is 1. The van der Waals surface area contributed by atoms with E-state index in [0.29, 0.717) is 13.0 Å². The maximum atomic E-state index is 12.9. The Morgan fingerprint density at radius 2 is 1.74 bits per heavy atom. The fraction of sp³-hybridized carbons (Fsp3) is 0.667. The van der Waals surface area contributed by atoms with Crippen LogP contribution in [-0.4, -0.2) is 80.3 Å². The molecule has 4 atom stereocenters. The van der Waals surface area contributed by atoms with Gasteiger partial charge in [0.25, 0.3) is 0 Å². The van der Waals surface area contributed by atoms with Crippen LogP contribution in [0.2, 0.25) is 5.02 Å². The second-order valence-electron chi connectivity index (χ2n) is 8.75. The molecule has 31 heavy (non-hydrogen) atoms. The normalized spacial score (nSPS) is 31.7. The SMILES string of the molecule is Cl.O=C1C2C3CCC(O3)C2S(=O)(=O)N1CCCCN1CCN(c2cccc(Cl)c2)CC1. The van der Waals surface area contributed by atoms with Crippen LogP contribution in [0.1, 0.15) is 25.7 Å². The number of nitrogens with zero attached hydrogens (tertiary/aromatic N) is 3. The zero-order valence-corrected chi connectivity index (χ0v) is 19.7. The van der Waals surface area contributed by atoms with Gasteiger partial charge in [0.2, 0.25) is 15.9 Å². The zero-order valence-electron chi connectivity index (χ0n) is 17.4. The van der Waals surface area contributed by atoms with Crippen molar-refractivity contribution in [3.63, 3.8) is 0 Å². The molecule has 7 nitrogen and oxygen atoms in total. The van der Waals surface area contributed by atoms with Crippen molar-refractivity contribution >= 4 is 45.6 Å². The first-order valence-electron chi connectivity index (χ1n) is 10.9. The molecule has 4 unspecified atom stereocenters. The maximum Gasteiger partial charge on any atom is 0.243 e. The van der Waals surface area contributed by atoms with E-state index < -0.39 is 21.2 Å². The average molecular weight is 490 g/mol. The second-order valence-corrected chi connectivity index (χ2v) is 11.2. The third kappa shape index (κ3) is 4.17. The Bertz CT molecular complexity index is 923. The fourth-order valence-corrected chi connectivity index (χ4v) is 7.96. The number of rotatable bonds is 6. The first kappa shape index (κ1) is 23.1. The number of fused-ring (bicyclic) bond motifs is 5. The molecule has 172 valence electrons. The topological polar surface area (TPSA) is 70.2 Å². The molecule has 10 heteroatoms. The lowest BCUT2D eigenvalue weighted by molar-refractivity contribution is -0.130. The number of amides is 1. The van der Waals surface area contributed by atoms with Gasteiger partial charge in [0.05, 0.1) is 18.1 Å².